The number of carbonyl (C=O) groups is 1. The van der Waals surface area contributed by atoms with Crippen LogP contribution in [0.25, 0.3) is 10.9 Å². The lowest BCUT2D eigenvalue weighted by Gasteiger charge is -2.32. The molecule has 1 saturated heterocycles. The molecule has 1 aromatic carbocycles. The van der Waals surface area contributed by atoms with Crippen LogP contribution in [0.15, 0.2) is 30.3 Å². The van der Waals surface area contributed by atoms with Crippen LogP contribution in [0.2, 0.25) is 0 Å². The molecule has 3 rings (SSSR count). The van der Waals surface area contributed by atoms with E-state index in [4.69, 9.17) is 0 Å². The van der Waals surface area contributed by atoms with Crippen LogP contribution >= 0.6 is 0 Å². The zero-order valence-corrected chi connectivity index (χ0v) is 12.2. The highest BCUT2D eigenvalue weighted by Gasteiger charge is 2.21. The second kappa shape index (κ2) is 5.72. The van der Waals surface area contributed by atoms with E-state index in [1.54, 1.807) is 6.07 Å². The quantitative estimate of drug-likeness (QED) is 0.936. The van der Waals surface area contributed by atoms with Gasteiger partial charge in [0.05, 0.1) is 11.1 Å². The molecule has 0 unspecified atom stereocenters. The number of aromatic nitrogens is 1. The third-order valence-corrected chi connectivity index (χ3v) is 4.45. The van der Waals surface area contributed by atoms with Crippen molar-refractivity contribution in [2.24, 2.45) is 5.92 Å². The fraction of sp³-hybridized carbons (Fsp3) is 0.412. The van der Waals surface area contributed by atoms with Crippen LogP contribution in [0, 0.1) is 5.92 Å². The number of hydrogen-bond donors (Lipinski definition) is 1. The average molecular weight is 284 g/mol. The second-order valence-electron chi connectivity index (χ2n) is 5.69. The molecule has 1 N–H and O–H groups in total. The molecule has 110 valence electrons. The first kappa shape index (κ1) is 13.9. The summed E-state index contributed by atoms with van der Waals surface area (Å²) in [5, 5.41) is 10.1. The molecule has 0 aliphatic carbocycles. The number of carboxylic acid groups (broad SMARTS) is 1. The number of para-hydroxylation sites is 1. The molecule has 1 aromatic heterocycles. The third-order valence-electron chi connectivity index (χ3n) is 4.45. The maximum atomic E-state index is 11.5. The fourth-order valence-corrected chi connectivity index (χ4v) is 3.07. The van der Waals surface area contributed by atoms with Gasteiger partial charge in [-0.05, 0) is 30.9 Å². The Hall–Kier alpha value is -2.10. The van der Waals surface area contributed by atoms with Crippen molar-refractivity contribution in [2.45, 2.75) is 26.2 Å². The van der Waals surface area contributed by atoms with Crippen molar-refractivity contribution in [3.8, 4) is 0 Å². The Balaban J connectivity index is 1.98. The van der Waals surface area contributed by atoms with Crippen molar-refractivity contribution in [1.29, 1.82) is 0 Å². The molecule has 0 spiro atoms. The van der Waals surface area contributed by atoms with Crippen LogP contribution in [0.5, 0.6) is 0 Å². The molecule has 2 aromatic rings. The smallest absolute Gasteiger partial charge is 0.336 e. The summed E-state index contributed by atoms with van der Waals surface area (Å²) in [5.74, 6) is 0.694. The van der Waals surface area contributed by atoms with Gasteiger partial charge in [0.1, 0.15) is 5.82 Å². The summed E-state index contributed by atoms with van der Waals surface area (Å²) in [6.45, 7) is 4.16. The number of anilines is 1. The van der Waals surface area contributed by atoms with Gasteiger partial charge in [-0.2, -0.15) is 0 Å². The van der Waals surface area contributed by atoms with E-state index < -0.39 is 5.97 Å². The predicted octanol–water partition coefficient (Wildman–Crippen LogP) is 3.56. The highest BCUT2D eigenvalue weighted by molar-refractivity contribution is 6.03. The lowest BCUT2D eigenvalue weighted by atomic mass is 9.94. The molecule has 0 atom stereocenters. The molecule has 2 heterocycles. The SMILES string of the molecule is CCC1CCN(c2cc(C(=O)O)c3ccccc3n2)CC1. The van der Waals surface area contributed by atoms with Gasteiger partial charge >= 0.3 is 5.97 Å². The number of hydrogen-bond acceptors (Lipinski definition) is 3. The van der Waals surface area contributed by atoms with Crippen molar-refractivity contribution in [1.82, 2.24) is 4.98 Å². The summed E-state index contributed by atoms with van der Waals surface area (Å²) in [6, 6.07) is 9.16. The number of pyridine rings is 1. The zero-order valence-electron chi connectivity index (χ0n) is 12.2. The first-order valence-corrected chi connectivity index (χ1v) is 7.57. The van der Waals surface area contributed by atoms with Crippen molar-refractivity contribution < 1.29 is 9.90 Å². The lowest BCUT2D eigenvalue weighted by molar-refractivity contribution is 0.0699. The fourth-order valence-electron chi connectivity index (χ4n) is 3.07. The Morgan fingerprint density at radius 3 is 2.71 bits per heavy atom. The van der Waals surface area contributed by atoms with Crippen molar-refractivity contribution >= 4 is 22.7 Å². The van der Waals surface area contributed by atoms with Crippen molar-refractivity contribution in [3.05, 3.63) is 35.9 Å². The third kappa shape index (κ3) is 2.71. The number of rotatable bonds is 3. The maximum absolute atomic E-state index is 11.5. The molecular weight excluding hydrogens is 264 g/mol. The first-order valence-electron chi connectivity index (χ1n) is 7.57. The van der Waals surface area contributed by atoms with E-state index in [0.29, 0.717) is 10.9 Å². The Bertz CT molecular complexity index is 661. The van der Waals surface area contributed by atoms with Gasteiger partial charge in [-0.3, -0.25) is 0 Å². The van der Waals surface area contributed by atoms with Crippen LogP contribution in [0.1, 0.15) is 36.5 Å². The lowest BCUT2D eigenvalue weighted by Crippen LogP contribution is -2.34. The monoisotopic (exact) mass is 284 g/mol. The van der Waals surface area contributed by atoms with Gasteiger partial charge in [-0.15, -0.1) is 0 Å². The predicted molar refractivity (Wildman–Crippen MR) is 83.9 cm³/mol. The van der Waals surface area contributed by atoms with Crippen LogP contribution in [0.3, 0.4) is 0 Å². The van der Waals surface area contributed by atoms with Gasteiger partial charge in [0.15, 0.2) is 0 Å². The molecular formula is C17H20N2O2. The van der Waals surface area contributed by atoms with E-state index in [1.807, 2.05) is 24.3 Å². The number of aromatic carboxylic acids is 1. The Labute approximate surface area is 124 Å². The maximum Gasteiger partial charge on any atom is 0.336 e. The van der Waals surface area contributed by atoms with Crippen LogP contribution < -0.4 is 4.90 Å². The molecule has 0 amide bonds. The summed E-state index contributed by atoms with van der Waals surface area (Å²) < 4.78 is 0. The van der Waals surface area contributed by atoms with Gasteiger partial charge in [-0.25, -0.2) is 9.78 Å². The summed E-state index contributed by atoms with van der Waals surface area (Å²) >= 11 is 0. The number of carboxylic acids is 1. The van der Waals surface area contributed by atoms with Crippen molar-refractivity contribution in [3.63, 3.8) is 0 Å². The minimum atomic E-state index is -0.890. The van der Waals surface area contributed by atoms with Crippen LogP contribution in [0.4, 0.5) is 5.82 Å². The highest BCUT2D eigenvalue weighted by atomic mass is 16.4. The summed E-state index contributed by atoms with van der Waals surface area (Å²) in [7, 11) is 0. The van der Waals surface area contributed by atoms with E-state index in [2.05, 4.69) is 16.8 Å². The van der Waals surface area contributed by atoms with Crippen LogP contribution in [-0.2, 0) is 0 Å². The minimum absolute atomic E-state index is 0.341. The van der Waals surface area contributed by atoms with Gasteiger partial charge < -0.3 is 10.0 Å². The molecule has 1 aliphatic rings. The molecule has 1 aliphatic heterocycles. The topological polar surface area (TPSA) is 53.4 Å². The van der Waals surface area contributed by atoms with E-state index >= 15 is 0 Å². The molecule has 4 heteroatoms. The van der Waals surface area contributed by atoms with Crippen molar-refractivity contribution in [2.75, 3.05) is 18.0 Å². The van der Waals surface area contributed by atoms with Gasteiger partial charge in [-0.1, -0.05) is 31.5 Å². The van der Waals surface area contributed by atoms with E-state index in [0.717, 1.165) is 43.2 Å². The summed E-state index contributed by atoms with van der Waals surface area (Å²) in [6.07, 6.45) is 3.54. The number of piperidine rings is 1. The van der Waals surface area contributed by atoms with Gasteiger partial charge in [0, 0.05) is 18.5 Å². The van der Waals surface area contributed by atoms with Gasteiger partial charge in [0.2, 0.25) is 0 Å². The van der Waals surface area contributed by atoms with Gasteiger partial charge in [0.25, 0.3) is 0 Å². The number of benzene rings is 1. The van der Waals surface area contributed by atoms with E-state index in [-0.39, 0.29) is 0 Å². The minimum Gasteiger partial charge on any atom is -0.478 e. The molecule has 21 heavy (non-hydrogen) atoms. The Morgan fingerprint density at radius 1 is 1.33 bits per heavy atom. The van der Waals surface area contributed by atoms with E-state index in [1.165, 1.54) is 6.42 Å². The Kier molecular flexibility index (Phi) is 3.78. The molecule has 4 nitrogen and oxygen atoms in total. The molecule has 0 bridgehead atoms. The number of fused-ring (bicyclic) bond motifs is 1. The first-order chi connectivity index (χ1) is 10.2. The average Bonchev–Trinajstić information content (AvgIpc) is 2.53. The number of nitrogens with zero attached hydrogens (tertiary/aromatic N) is 2. The molecule has 0 saturated carbocycles. The second-order valence-corrected chi connectivity index (χ2v) is 5.69. The molecule has 0 radical (unpaired) electrons. The highest BCUT2D eigenvalue weighted by Crippen LogP contribution is 2.27. The van der Waals surface area contributed by atoms with Crippen LogP contribution in [-0.4, -0.2) is 29.1 Å². The van der Waals surface area contributed by atoms with E-state index in [9.17, 15) is 9.90 Å². The summed E-state index contributed by atoms with van der Waals surface area (Å²) in [5.41, 5.74) is 1.10. The summed E-state index contributed by atoms with van der Waals surface area (Å²) in [4.78, 5) is 18.4. The standard InChI is InChI=1S/C17H20N2O2/c1-2-12-7-9-19(10-8-12)16-11-14(17(20)21)13-5-3-4-6-15(13)18-16/h3-6,11-12H,2,7-10H2,1H3,(H,20,21). The zero-order chi connectivity index (χ0) is 14.8. The molecule has 1 fully saturated rings. The largest absolute Gasteiger partial charge is 0.478 e. The Morgan fingerprint density at radius 2 is 2.05 bits per heavy atom. The normalized spacial score (nSPS) is 16.3.